The van der Waals surface area contributed by atoms with E-state index in [9.17, 15) is 9.59 Å². The first-order chi connectivity index (χ1) is 7.58. The number of carboxylic acids is 1. The van der Waals surface area contributed by atoms with Gasteiger partial charge in [-0.2, -0.15) is 0 Å². The van der Waals surface area contributed by atoms with Gasteiger partial charge in [-0.25, -0.2) is 0 Å². The molecule has 1 aliphatic carbocycles. The van der Waals surface area contributed by atoms with E-state index >= 15 is 0 Å². The van der Waals surface area contributed by atoms with Gasteiger partial charge in [0, 0.05) is 16.7 Å². The van der Waals surface area contributed by atoms with Crippen LogP contribution >= 0.6 is 15.9 Å². The standard InChI is InChI=1S/C10H11BrN2O3/c11-6-3-8(10(16)12-4-9(14)15)13(5-6)7-1-2-7/h3,5,7H,1-2,4H2,(H,12,16)(H,14,15). The number of hydrogen-bond donors (Lipinski definition) is 2. The normalized spacial score (nSPS) is 14.8. The largest absolute Gasteiger partial charge is 0.480 e. The second-order valence-corrected chi connectivity index (χ2v) is 4.67. The summed E-state index contributed by atoms with van der Waals surface area (Å²) in [5.74, 6) is -1.39. The highest BCUT2D eigenvalue weighted by molar-refractivity contribution is 9.10. The molecule has 0 spiro atoms. The van der Waals surface area contributed by atoms with Gasteiger partial charge >= 0.3 is 5.97 Å². The van der Waals surface area contributed by atoms with E-state index in [4.69, 9.17) is 5.11 Å². The maximum atomic E-state index is 11.7. The summed E-state index contributed by atoms with van der Waals surface area (Å²) in [4.78, 5) is 22.0. The molecule has 1 heterocycles. The van der Waals surface area contributed by atoms with Crippen LogP contribution < -0.4 is 5.32 Å². The third-order valence-electron chi connectivity index (χ3n) is 2.39. The number of amides is 1. The van der Waals surface area contributed by atoms with Crippen molar-refractivity contribution in [1.82, 2.24) is 9.88 Å². The highest BCUT2D eigenvalue weighted by Gasteiger charge is 2.27. The molecule has 0 atom stereocenters. The molecule has 16 heavy (non-hydrogen) atoms. The van der Waals surface area contributed by atoms with Gasteiger partial charge in [-0.3, -0.25) is 9.59 Å². The number of rotatable bonds is 4. The predicted octanol–water partition coefficient (Wildman–Crippen LogP) is 1.40. The molecule has 0 aromatic carbocycles. The van der Waals surface area contributed by atoms with Gasteiger partial charge in [0.2, 0.25) is 0 Å². The van der Waals surface area contributed by atoms with Crippen molar-refractivity contribution < 1.29 is 14.7 Å². The highest BCUT2D eigenvalue weighted by Crippen LogP contribution is 2.37. The Kier molecular flexibility index (Phi) is 3.00. The summed E-state index contributed by atoms with van der Waals surface area (Å²) in [6.45, 7) is -0.355. The second kappa shape index (κ2) is 4.29. The Morgan fingerprint density at radius 3 is 2.81 bits per heavy atom. The third kappa shape index (κ3) is 2.44. The maximum Gasteiger partial charge on any atom is 0.322 e. The topological polar surface area (TPSA) is 71.3 Å². The van der Waals surface area contributed by atoms with E-state index in [0.29, 0.717) is 11.7 Å². The van der Waals surface area contributed by atoms with Crippen molar-refractivity contribution in [3.05, 3.63) is 22.4 Å². The first kappa shape index (κ1) is 11.2. The summed E-state index contributed by atoms with van der Waals surface area (Å²) in [6.07, 6.45) is 3.99. The number of nitrogens with one attached hydrogen (secondary N) is 1. The van der Waals surface area contributed by atoms with Crippen LogP contribution in [0.4, 0.5) is 0 Å². The molecule has 1 aromatic heterocycles. The number of carboxylic acid groups (broad SMARTS) is 1. The second-order valence-electron chi connectivity index (χ2n) is 3.76. The number of aromatic nitrogens is 1. The van der Waals surface area contributed by atoms with Crippen LogP contribution in [-0.2, 0) is 4.79 Å². The number of carbonyl (C=O) groups excluding carboxylic acids is 1. The molecule has 1 saturated carbocycles. The van der Waals surface area contributed by atoms with Gasteiger partial charge in [-0.15, -0.1) is 0 Å². The van der Waals surface area contributed by atoms with Crippen LogP contribution in [0.25, 0.3) is 0 Å². The zero-order valence-corrected chi connectivity index (χ0v) is 10.0. The summed E-state index contributed by atoms with van der Waals surface area (Å²) in [6, 6.07) is 2.09. The molecule has 5 nitrogen and oxygen atoms in total. The lowest BCUT2D eigenvalue weighted by atomic mass is 10.4. The quantitative estimate of drug-likeness (QED) is 0.879. The highest BCUT2D eigenvalue weighted by atomic mass is 79.9. The molecule has 0 radical (unpaired) electrons. The van der Waals surface area contributed by atoms with Crippen LogP contribution in [0.2, 0.25) is 0 Å². The Morgan fingerprint density at radius 2 is 2.25 bits per heavy atom. The van der Waals surface area contributed by atoms with Gasteiger partial charge in [0.25, 0.3) is 5.91 Å². The molecule has 1 aromatic rings. The van der Waals surface area contributed by atoms with E-state index in [1.165, 1.54) is 0 Å². The minimum atomic E-state index is -1.04. The molecular formula is C10H11BrN2O3. The van der Waals surface area contributed by atoms with Crippen molar-refractivity contribution in [3.8, 4) is 0 Å². The lowest BCUT2D eigenvalue weighted by Crippen LogP contribution is -2.30. The number of aliphatic carboxylic acids is 1. The van der Waals surface area contributed by atoms with Gasteiger partial charge in [0.15, 0.2) is 0 Å². The number of carbonyl (C=O) groups is 2. The molecule has 86 valence electrons. The summed E-state index contributed by atoms with van der Waals surface area (Å²) in [5, 5.41) is 10.8. The van der Waals surface area contributed by atoms with Gasteiger partial charge < -0.3 is 15.0 Å². The van der Waals surface area contributed by atoms with Gasteiger partial charge in [0.05, 0.1) is 0 Å². The molecule has 0 saturated heterocycles. The van der Waals surface area contributed by atoms with Crippen LogP contribution in [0.5, 0.6) is 0 Å². The maximum absolute atomic E-state index is 11.7. The summed E-state index contributed by atoms with van der Waals surface area (Å²) in [5.41, 5.74) is 0.510. The molecule has 0 unspecified atom stereocenters. The summed E-state index contributed by atoms with van der Waals surface area (Å²) >= 11 is 3.31. The van der Waals surface area contributed by atoms with Crippen molar-refractivity contribution in [1.29, 1.82) is 0 Å². The van der Waals surface area contributed by atoms with Crippen LogP contribution in [0.15, 0.2) is 16.7 Å². The van der Waals surface area contributed by atoms with Crippen LogP contribution in [0.1, 0.15) is 29.4 Å². The third-order valence-corrected chi connectivity index (χ3v) is 2.82. The fourth-order valence-electron chi connectivity index (χ4n) is 1.53. The number of nitrogens with zero attached hydrogens (tertiary/aromatic N) is 1. The molecule has 0 aliphatic heterocycles. The van der Waals surface area contributed by atoms with Crippen LogP contribution in [0.3, 0.4) is 0 Å². The smallest absolute Gasteiger partial charge is 0.322 e. The molecule has 0 bridgehead atoms. The van der Waals surface area contributed by atoms with Crippen molar-refractivity contribution in [3.63, 3.8) is 0 Å². The monoisotopic (exact) mass is 286 g/mol. The molecule has 1 amide bonds. The zero-order valence-electron chi connectivity index (χ0n) is 8.44. The van der Waals surface area contributed by atoms with E-state index in [0.717, 1.165) is 17.3 Å². The van der Waals surface area contributed by atoms with E-state index in [2.05, 4.69) is 21.2 Å². The van der Waals surface area contributed by atoms with E-state index in [-0.39, 0.29) is 12.5 Å². The number of hydrogen-bond acceptors (Lipinski definition) is 2. The van der Waals surface area contributed by atoms with Crippen molar-refractivity contribution >= 4 is 27.8 Å². The SMILES string of the molecule is O=C(O)CNC(=O)c1cc(Br)cn1C1CC1. The average Bonchev–Trinajstić information content (AvgIpc) is 2.98. The Hall–Kier alpha value is -1.30. The van der Waals surface area contributed by atoms with Gasteiger partial charge in [-0.05, 0) is 34.8 Å². The summed E-state index contributed by atoms with van der Waals surface area (Å²) in [7, 11) is 0. The van der Waals surface area contributed by atoms with E-state index < -0.39 is 5.97 Å². The molecule has 1 fully saturated rings. The molecule has 6 heteroatoms. The first-order valence-electron chi connectivity index (χ1n) is 4.95. The summed E-state index contributed by atoms with van der Waals surface area (Å²) < 4.78 is 2.72. The minimum absolute atomic E-state index is 0.347. The average molecular weight is 287 g/mol. The molecule has 2 rings (SSSR count). The van der Waals surface area contributed by atoms with Crippen LogP contribution in [-0.4, -0.2) is 28.1 Å². The minimum Gasteiger partial charge on any atom is -0.480 e. The van der Waals surface area contributed by atoms with Crippen LogP contribution in [0, 0.1) is 0 Å². The lowest BCUT2D eigenvalue weighted by Gasteiger charge is -2.06. The van der Waals surface area contributed by atoms with Crippen molar-refractivity contribution in [2.75, 3.05) is 6.54 Å². The Labute approximate surface area is 101 Å². The van der Waals surface area contributed by atoms with Gasteiger partial charge in [-0.1, -0.05) is 0 Å². The lowest BCUT2D eigenvalue weighted by molar-refractivity contribution is -0.135. The van der Waals surface area contributed by atoms with E-state index in [1.807, 2.05) is 10.8 Å². The zero-order chi connectivity index (χ0) is 11.7. The van der Waals surface area contributed by atoms with Crippen molar-refractivity contribution in [2.24, 2.45) is 0 Å². The first-order valence-corrected chi connectivity index (χ1v) is 5.74. The fourth-order valence-corrected chi connectivity index (χ4v) is 1.97. The Bertz CT molecular complexity index is 437. The Morgan fingerprint density at radius 1 is 1.56 bits per heavy atom. The predicted molar refractivity (Wildman–Crippen MR) is 60.4 cm³/mol. The van der Waals surface area contributed by atoms with Gasteiger partial charge in [0.1, 0.15) is 12.2 Å². The number of halogens is 1. The molecular weight excluding hydrogens is 276 g/mol. The Balaban J connectivity index is 2.12. The van der Waals surface area contributed by atoms with Crippen molar-refractivity contribution in [2.45, 2.75) is 18.9 Å². The van der Waals surface area contributed by atoms with E-state index in [1.54, 1.807) is 6.07 Å². The fraction of sp³-hybridized carbons (Fsp3) is 0.400. The molecule has 2 N–H and O–H groups in total. The molecule has 1 aliphatic rings.